The van der Waals surface area contributed by atoms with Gasteiger partial charge in [0.2, 0.25) is 5.52 Å². The Bertz CT molecular complexity index is 1240. The number of hydrogen-bond donors (Lipinski definition) is 0. The Morgan fingerprint density at radius 3 is 1.73 bits per heavy atom. The second-order valence-electron chi connectivity index (χ2n) is 7.16. The van der Waals surface area contributed by atoms with Crippen molar-refractivity contribution in [3.8, 4) is 11.1 Å². The van der Waals surface area contributed by atoms with Crippen molar-refractivity contribution in [1.29, 1.82) is 0 Å². The maximum absolute atomic E-state index is 11.9. The van der Waals surface area contributed by atoms with E-state index < -0.39 is 0 Å². The Morgan fingerprint density at radius 2 is 1.10 bits per heavy atom. The Balaban J connectivity index is 1.54. The van der Waals surface area contributed by atoms with E-state index in [1.807, 2.05) is 30.3 Å². The van der Waals surface area contributed by atoms with Gasteiger partial charge in [-0.05, 0) is 65.7 Å². The maximum Gasteiger partial charge on any atom is 0.223 e. The standard InChI is InChI=1S/C27H20N2O/c30-28-19-7-8-23-20-22(15-18-27(23)28)21-13-16-26(17-14-21)29(24-9-3-1-4-10-24)25-11-5-2-6-12-25/h1-20H. The number of nitrogens with zero attached hydrogens (tertiary/aromatic N) is 2. The van der Waals surface area contributed by atoms with Crippen LogP contribution in [0.1, 0.15) is 0 Å². The molecule has 0 spiro atoms. The van der Waals surface area contributed by atoms with Gasteiger partial charge in [-0.25, -0.2) is 0 Å². The highest BCUT2D eigenvalue weighted by molar-refractivity contribution is 5.83. The Kier molecular flexibility index (Phi) is 4.62. The molecule has 5 aromatic rings. The molecule has 1 heterocycles. The predicted octanol–water partition coefficient (Wildman–Crippen LogP) is 6.61. The van der Waals surface area contributed by atoms with Gasteiger partial charge in [-0.2, -0.15) is 4.73 Å². The predicted molar refractivity (Wildman–Crippen MR) is 123 cm³/mol. The Labute approximate surface area is 175 Å². The van der Waals surface area contributed by atoms with Gasteiger partial charge in [0.05, 0.1) is 0 Å². The van der Waals surface area contributed by atoms with E-state index in [2.05, 4.69) is 83.8 Å². The maximum atomic E-state index is 11.9. The summed E-state index contributed by atoms with van der Waals surface area (Å²) >= 11 is 0. The summed E-state index contributed by atoms with van der Waals surface area (Å²) in [6.07, 6.45) is 1.53. The summed E-state index contributed by atoms with van der Waals surface area (Å²) in [4.78, 5) is 2.24. The van der Waals surface area contributed by atoms with Crippen LogP contribution in [0.4, 0.5) is 17.1 Å². The van der Waals surface area contributed by atoms with Crippen molar-refractivity contribution in [2.45, 2.75) is 0 Å². The molecule has 0 aliphatic carbocycles. The van der Waals surface area contributed by atoms with Gasteiger partial charge >= 0.3 is 0 Å². The second kappa shape index (κ2) is 7.72. The van der Waals surface area contributed by atoms with Gasteiger partial charge < -0.3 is 10.1 Å². The van der Waals surface area contributed by atoms with Crippen LogP contribution in [0.2, 0.25) is 0 Å². The van der Waals surface area contributed by atoms with Gasteiger partial charge in [0.15, 0.2) is 6.20 Å². The summed E-state index contributed by atoms with van der Waals surface area (Å²) in [5.74, 6) is 0. The molecule has 0 saturated heterocycles. The molecule has 0 saturated carbocycles. The zero-order chi connectivity index (χ0) is 20.3. The number of hydrogen-bond acceptors (Lipinski definition) is 2. The first-order chi connectivity index (χ1) is 14.8. The van der Waals surface area contributed by atoms with E-state index >= 15 is 0 Å². The molecular formula is C27H20N2O. The average Bonchev–Trinajstić information content (AvgIpc) is 2.81. The van der Waals surface area contributed by atoms with Crippen LogP contribution in [0.15, 0.2) is 121 Å². The number of aromatic nitrogens is 1. The molecule has 0 unspecified atom stereocenters. The first-order valence-corrected chi connectivity index (χ1v) is 9.92. The minimum atomic E-state index is 0.678. The van der Waals surface area contributed by atoms with Crippen molar-refractivity contribution in [2.24, 2.45) is 0 Å². The first kappa shape index (κ1) is 18.0. The summed E-state index contributed by atoms with van der Waals surface area (Å²) in [5.41, 5.74) is 6.20. The Hall–Kier alpha value is -4.11. The topological polar surface area (TPSA) is 30.2 Å². The molecule has 0 N–H and O–H groups in total. The summed E-state index contributed by atoms with van der Waals surface area (Å²) in [6.45, 7) is 0. The number of para-hydroxylation sites is 2. The lowest BCUT2D eigenvalue weighted by atomic mass is 10.0. The van der Waals surface area contributed by atoms with Gasteiger partial charge in [0, 0.05) is 34.6 Å². The lowest BCUT2D eigenvalue weighted by Gasteiger charge is -2.25. The van der Waals surface area contributed by atoms with Crippen LogP contribution < -0.4 is 9.63 Å². The fourth-order valence-electron chi connectivity index (χ4n) is 3.78. The molecule has 4 aromatic carbocycles. The van der Waals surface area contributed by atoms with Crippen LogP contribution in [0.5, 0.6) is 0 Å². The number of benzene rings is 4. The molecule has 3 nitrogen and oxygen atoms in total. The van der Waals surface area contributed by atoms with E-state index in [1.165, 1.54) is 6.20 Å². The summed E-state index contributed by atoms with van der Waals surface area (Å²) in [5, 5.41) is 12.9. The lowest BCUT2D eigenvalue weighted by Crippen LogP contribution is -2.25. The van der Waals surface area contributed by atoms with Gasteiger partial charge in [-0.15, -0.1) is 0 Å². The smallest absolute Gasteiger partial charge is 0.223 e. The van der Waals surface area contributed by atoms with Crippen molar-refractivity contribution in [1.82, 2.24) is 0 Å². The number of fused-ring (bicyclic) bond motifs is 1. The number of pyridine rings is 1. The largest absolute Gasteiger partial charge is 0.618 e. The van der Waals surface area contributed by atoms with Gasteiger partial charge in [-0.3, -0.25) is 0 Å². The molecule has 30 heavy (non-hydrogen) atoms. The van der Waals surface area contributed by atoms with E-state index in [0.717, 1.165) is 38.3 Å². The van der Waals surface area contributed by atoms with Gasteiger partial charge in [0.25, 0.3) is 0 Å². The minimum absolute atomic E-state index is 0.678. The van der Waals surface area contributed by atoms with Gasteiger partial charge in [0.1, 0.15) is 0 Å². The van der Waals surface area contributed by atoms with Crippen molar-refractivity contribution < 1.29 is 4.73 Å². The van der Waals surface area contributed by atoms with Crippen molar-refractivity contribution >= 4 is 28.0 Å². The van der Waals surface area contributed by atoms with Crippen LogP contribution in [-0.2, 0) is 0 Å². The zero-order valence-electron chi connectivity index (χ0n) is 16.3. The molecule has 3 heteroatoms. The third-order valence-corrected chi connectivity index (χ3v) is 5.25. The molecule has 0 aliphatic heterocycles. The van der Waals surface area contributed by atoms with Crippen molar-refractivity contribution in [3.05, 3.63) is 127 Å². The molecule has 0 radical (unpaired) electrons. The van der Waals surface area contributed by atoms with Crippen molar-refractivity contribution in [2.75, 3.05) is 4.90 Å². The fourth-order valence-corrected chi connectivity index (χ4v) is 3.78. The molecule has 144 valence electrons. The molecule has 0 bridgehead atoms. The van der Waals surface area contributed by atoms with Crippen LogP contribution in [0.25, 0.3) is 22.0 Å². The van der Waals surface area contributed by atoms with Crippen LogP contribution in [0.3, 0.4) is 0 Å². The highest BCUT2D eigenvalue weighted by Gasteiger charge is 2.12. The van der Waals surface area contributed by atoms with E-state index in [0.29, 0.717) is 5.52 Å². The Morgan fingerprint density at radius 1 is 0.533 bits per heavy atom. The molecule has 0 fully saturated rings. The third-order valence-electron chi connectivity index (χ3n) is 5.25. The number of rotatable bonds is 4. The SMILES string of the molecule is [O-][n+]1cccc2cc(-c3ccc(N(c4ccccc4)c4ccccc4)cc3)ccc21. The van der Waals surface area contributed by atoms with Crippen LogP contribution >= 0.6 is 0 Å². The molecule has 0 aliphatic rings. The minimum Gasteiger partial charge on any atom is -0.618 e. The normalized spacial score (nSPS) is 10.8. The lowest BCUT2D eigenvalue weighted by molar-refractivity contribution is -0.577. The van der Waals surface area contributed by atoms with E-state index in [9.17, 15) is 5.21 Å². The van der Waals surface area contributed by atoms with Gasteiger partial charge in [-0.1, -0.05) is 48.5 Å². The highest BCUT2D eigenvalue weighted by Crippen LogP contribution is 2.35. The monoisotopic (exact) mass is 388 g/mol. The van der Waals surface area contributed by atoms with Crippen LogP contribution in [-0.4, -0.2) is 0 Å². The fraction of sp³-hybridized carbons (Fsp3) is 0. The van der Waals surface area contributed by atoms with Crippen LogP contribution in [0, 0.1) is 5.21 Å². The summed E-state index contributed by atoms with van der Waals surface area (Å²) in [7, 11) is 0. The quantitative estimate of drug-likeness (QED) is 0.256. The third kappa shape index (κ3) is 3.38. The van der Waals surface area contributed by atoms with E-state index in [4.69, 9.17) is 0 Å². The number of anilines is 3. The molecule has 1 aromatic heterocycles. The first-order valence-electron chi connectivity index (χ1n) is 9.92. The summed E-state index contributed by atoms with van der Waals surface area (Å²) in [6, 6.07) is 38.9. The average molecular weight is 388 g/mol. The molecular weight excluding hydrogens is 368 g/mol. The molecule has 0 atom stereocenters. The molecule has 0 amide bonds. The van der Waals surface area contributed by atoms with E-state index in [-0.39, 0.29) is 0 Å². The van der Waals surface area contributed by atoms with Crippen molar-refractivity contribution in [3.63, 3.8) is 0 Å². The highest BCUT2D eigenvalue weighted by atomic mass is 16.5. The molecule has 5 rings (SSSR count). The van der Waals surface area contributed by atoms with E-state index in [1.54, 1.807) is 6.07 Å². The summed E-state index contributed by atoms with van der Waals surface area (Å²) < 4.78 is 0.903. The second-order valence-corrected chi connectivity index (χ2v) is 7.16. The zero-order valence-corrected chi connectivity index (χ0v) is 16.3.